The first-order valence-corrected chi connectivity index (χ1v) is 5.76. The van der Waals surface area contributed by atoms with Crippen LogP contribution in [0.25, 0.3) is 0 Å². The number of aliphatic imine (C=N–C) groups is 1. The van der Waals surface area contributed by atoms with E-state index in [1.54, 1.807) is 12.4 Å². The third-order valence-corrected chi connectivity index (χ3v) is 2.09. The monoisotopic (exact) mass is 251 g/mol. The Balaban J connectivity index is 2.36. The van der Waals surface area contributed by atoms with Crippen molar-refractivity contribution in [2.75, 3.05) is 0 Å². The Morgan fingerprint density at radius 2 is 2.12 bits per heavy atom. The number of rotatable bonds is 3. The average Bonchev–Trinajstić information content (AvgIpc) is 2.26. The Hall–Kier alpha value is -1.69. The van der Waals surface area contributed by atoms with Crippen LogP contribution in [0.15, 0.2) is 29.5 Å². The van der Waals surface area contributed by atoms with E-state index in [1.165, 1.54) is 0 Å². The van der Waals surface area contributed by atoms with E-state index in [2.05, 4.69) is 20.6 Å². The molecule has 0 bridgehead atoms. The van der Waals surface area contributed by atoms with Crippen LogP contribution in [0.1, 0.15) is 19.4 Å². The Morgan fingerprint density at radius 3 is 2.71 bits per heavy atom. The van der Waals surface area contributed by atoms with Gasteiger partial charge in [0.25, 0.3) is 0 Å². The van der Waals surface area contributed by atoms with Crippen molar-refractivity contribution < 1.29 is 0 Å². The maximum Gasteiger partial charge on any atom is 0.195 e. The van der Waals surface area contributed by atoms with Gasteiger partial charge in [0.05, 0.1) is 0 Å². The van der Waals surface area contributed by atoms with Gasteiger partial charge < -0.3 is 16.4 Å². The minimum absolute atomic E-state index is 0.144. The number of nitrogens with one attached hydrogen (secondary N) is 2. The molecule has 0 unspecified atom stereocenters. The average molecular weight is 251 g/mol. The standard InChI is InChI=1S/C11H17N5S/c1-8(2)15-10(12)16-11(17)14-7-9-3-5-13-6-4-9/h3-6,8H,7H2,1-2H3,(H4,12,14,15,16,17). The van der Waals surface area contributed by atoms with Crippen molar-refractivity contribution in [2.45, 2.75) is 26.4 Å². The van der Waals surface area contributed by atoms with E-state index in [9.17, 15) is 0 Å². The molecule has 0 fully saturated rings. The number of aromatic nitrogens is 1. The molecule has 0 spiro atoms. The number of nitrogens with zero attached hydrogens (tertiary/aromatic N) is 2. The lowest BCUT2D eigenvalue weighted by Gasteiger charge is -2.10. The molecule has 4 N–H and O–H groups in total. The lowest BCUT2D eigenvalue weighted by Crippen LogP contribution is -2.43. The summed E-state index contributed by atoms with van der Waals surface area (Å²) in [5, 5.41) is 6.31. The van der Waals surface area contributed by atoms with Crippen LogP contribution in [-0.2, 0) is 6.54 Å². The third kappa shape index (κ3) is 5.82. The molecular weight excluding hydrogens is 234 g/mol. The van der Waals surface area contributed by atoms with E-state index in [-0.39, 0.29) is 6.04 Å². The van der Waals surface area contributed by atoms with Crippen LogP contribution < -0.4 is 16.4 Å². The number of guanidine groups is 1. The zero-order valence-electron chi connectivity index (χ0n) is 9.97. The Labute approximate surface area is 107 Å². The highest BCUT2D eigenvalue weighted by molar-refractivity contribution is 7.80. The van der Waals surface area contributed by atoms with Gasteiger partial charge in [-0.25, -0.2) is 0 Å². The fourth-order valence-electron chi connectivity index (χ4n) is 1.15. The van der Waals surface area contributed by atoms with E-state index in [4.69, 9.17) is 18.0 Å². The first-order chi connectivity index (χ1) is 8.08. The van der Waals surface area contributed by atoms with Crippen molar-refractivity contribution in [1.82, 2.24) is 15.6 Å². The van der Waals surface area contributed by atoms with Crippen molar-refractivity contribution in [3.63, 3.8) is 0 Å². The Morgan fingerprint density at radius 1 is 1.47 bits per heavy atom. The Bertz CT molecular complexity index is 388. The van der Waals surface area contributed by atoms with Gasteiger partial charge in [-0.3, -0.25) is 9.98 Å². The summed E-state index contributed by atoms with van der Waals surface area (Å²) in [6.45, 7) is 4.52. The second kappa shape index (κ2) is 6.80. The van der Waals surface area contributed by atoms with Crippen molar-refractivity contribution in [3.8, 4) is 0 Å². The van der Waals surface area contributed by atoms with Gasteiger partial charge in [-0.05, 0) is 43.8 Å². The van der Waals surface area contributed by atoms with Gasteiger partial charge in [-0.1, -0.05) is 0 Å². The molecular formula is C11H17N5S. The molecule has 1 aromatic rings. The van der Waals surface area contributed by atoms with Crippen molar-refractivity contribution in [2.24, 2.45) is 10.7 Å². The second-order valence-corrected chi connectivity index (χ2v) is 4.18. The molecule has 17 heavy (non-hydrogen) atoms. The van der Waals surface area contributed by atoms with Gasteiger partial charge in [0.2, 0.25) is 0 Å². The number of pyridine rings is 1. The maximum absolute atomic E-state index is 5.65. The summed E-state index contributed by atoms with van der Waals surface area (Å²) in [7, 11) is 0. The summed E-state index contributed by atoms with van der Waals surface area (Å²) in [6, 6.07) is 3.98. The third-order valence-electron chi connectivity index (χ3n) is 1.84. The molecule has 1 aromatic heterocycles. The minimum Gasteiger partial charge on any atom is -0.370 e. The lowest BCUT2D eigenvalue weighted by atomic mass is 10.3. The van der Waals surface area contributed by atoms with Crippen LogP contribution >= 0.6 is 12.2 Å². The van der Waals surface area contributed by atoms with E-state index < -0.39 is 0 Å². The van der Waals surface area contributed by atoms with E-state index in [1.807, 2.05) is 26.0 Å². The fourth-order valence-corrected chi connectivity index (χ4v) is 1.33. The highest BCUT2D eigenvalue weighted by Gasteiger charge is 1.99. The van der Waals surface area contributed by atoms with Gasteiger partial charge in [0, 0.05) is 25.0 Å². The SMILES string of the molecule is CC(C)N=C(N)NC(=S)NCc1ccncc1. The highest BCUT2D eigenvalue weighted by Crippen LogP contribution is 1.94. The number of nitrogens with two attached hydrogens (primary N) is 1. The first-order valence-electron chi connectivity index (χ1n) is 5.35. The summed E-state index contributed by atoms with van der Waals surface area (Å²) in [5.41, 5.74) is 6.75. The van der Waals surface area contributed by atoms with Crippen LogP contribution in [0.3, 0.4) is 0 Å². The quantitative estimate of drug-likeness (QED) is 0.420. The van der Waals surface area contributed by atoms with Crippen LogP contribution in [-0.4, -0.2) is 22.1 Å². The predicted octanol–water partition coefficient (Wildman–Crippen LogP) is 0.769. The number of hydrogen-bond donors (Lipinski definition) is 3. The molecule has 0 amide bonds. The second-order valence-electron chi connectivity index (χ2n) is 3.77. The highest BCUT2D eigenvalue weighted by atomic mass is 32.1. The van der Waals surface area contributed by atoms with Gasteiger partial charge >= 0.3 is 0 Å². The van der Waals surface area contributed by atoms with E-state index >= 15 is 0 Å². The molecule has 0 atom stereocenters. The molecule has 1 rings (SSSR count). The first kappa shape index (κ1) is 13.4. The van der Waals surface area contributed by atoms with Crippen molar-refractivity contribution in [3.05, 3.63) is 30.1 Å². The molecule has 0 aliphatic carbocycles. The van der Waals surface area contributed by atoms with Gasteiger partial charge in [0.15, 0.2) is 11.1 Å². The van der Waals surface area contributed by atoms with Crippen LogP contribution in [0.2, 0.25) is 0 Å². The van der Waals surface area contributed by atoms with Crippen molar-refractivity contribution >= 4 is 23.3 Å². The molecule has 0 saturated carbocycles. The topological polar surface area (TPSA) is 75.3 Å². The summed E-state index contributed by atoms with van der Waals surface area (Å²) in [4.78, 5) is 8.06. The van der Waals surface area contributed by atoms with Crippen LogP contribution in [0.4, 0.5) is 0 Å². The molecule has 0 radical (unpaired) electrons. The van der Waals surface area contributed by atoms with Gasteiger partial charge in [-0.15, -0.1) is 0 Å². The lowest BCUT2D eigenvalue weighted by molar-refractivity contribution is 0.824. The molecule has 1 heterocycles. The summed E-state index contributed by atoms with van der Waals surface area (Å²) in [6.07, 6.45) is 3.48. The molecule has 92 valence electrons. The van der Waals surface area contributed by atoms with E-state index in [0.29, 0.717) is 17.6 Å². The zero-order valence-corrected chi connectivity index (χ0v) is 10.8. The largest absolute Gasteiger partial charge is 0.370 e. The Kier molecular flexibility index (Phi) is 5.35. The van der Waals surface area contributed by atoms with E-state index in [0.717, 1.165) is 5.56 Å². The zero-order chi connectivity index (χ0) is 12.7. The fraction of sp³-hybridized carbons (Fsp3) is 0.364. The van der Waals surface area contributed by atoms with Gasteiger partial charge in [0.1, 0.15) is 0 Å². The summed E-state index contributed by atoms with van der Waals surface area (Å²) < 4.78 is 0. The summed E-state index contributed by atoms with van der Waals surface area (Å²) >= 11 is 5.08. The predicted molar refractivity (Wildman–Crippen MR) is 73.6 cm³/mol. The molecule has 5 nitrogen and oxygen atoms in total. The maximum atomic E-state index is 5.65. The molecule has 0 aromatic carbocycles. The normalized spacial score (nSPS) is 11.4. The number of hydrogen-bond acceptors (Lipinski definition) is 3. The molecule has 0 aliphatic heterocycles. The van der Waals surface area contributed by atoms with Crippen molar-refractivity contribution in [1.29, 1.82) is 0 Å². The molecule has 0 saturated heterocycles. The van der Waals surface area contributed by atoms with Crippen LogP contribution in [0.5, 0.6) is 0 Å². The molecule has 6 heteroatoms. The van der Waals surface area contributed by atoms with Crippen LogP contribution in [0, 0.1) is 0 Å². The summed E-state index contributed by atoms with van der Waals surface area (Å²) in [5.74, 6) is 0.326. The van der Waals surface area contributed by atoms with Gasteiger partial charge in [-0.2, -0.15) is 0 Å². The molecule has 0 aliphatic rings. The minimum atomic E-state index is 0.144. The smallest absolute Gasteiger partial charge is 0.195 e. The number of thiocarbonyl (C=S) groups is 1.